The van der Waals surface area contributed by atoms with Gasteiger partial charge in [-0.1, -0.05) is 6.92 Å². The van der Waals surface area contributed by atoms with Crippen molar-refractivity contribution in [2.24, 2.45) is 0 Å². The summed E-state index contributed by atoms with van der Waals surface area (Å²) in [6.45, 7) is 11.7. The standard InChI is InChI=1S/C14H26N2OS/c1-7-8-15-12(9-14(4,5)17-6)13-16-10(2)11(3)18-13/h12,15H,7-9H2,1-6H3. The van der Waals surface area contributed by atoms with Crippen LogP contribution in [0.2, 0.25) is 0 Å². The first kappa shape index (κ1) is 15.6. The Bertz CT molecular complexity index is 354. The van der Waals surface area contributed by atoms with Gasteiger partial charge in [-0.05, 0) is 47.1 Å². The van der Waals surface area contributed by atoms with E-state index in [1.165, 1.54) is 9.88 Å². The number of hydrogen-bond donors (Lipinski definition) is 1. The van der Waals surface area contributed by atoms with Gasteiger partial charge in [0, 0.05) is 12.0 Å². The Hall–Kier alpha value is -0.450. The number of aryl methyl sites for hydroxylation is 2. The third kappa shape index (κ3) is 4.34. The van der Waals surface area contributed by atoms with Crippen molar-refractivity contribution in [2.45, 2.75) is 59.1 Å². The predicted octanol–water partition coefficient (Wildman–Crippen LogP) is 3.62. The van der Waals surface area contributed by atoms with E-state index in [-0.39, 0.29) is 11.6 Å². The van der Waals surface area contributed by atoms with Gasteiger partial charge in [-0.25, -0.2) is 4.98 Å². The number of aromatic nitrogens is 1. The zero-order valence-electron chi connectivity index (χ0n) is 12.5. The van der Waals surface area contributed by atoms with Crippen molar-refractivity contribution < 1.29 is 4.74 Å². The topological polar surface area (TPSA) is 34.1 Å². The third-order valence-electron chi connectivity index (χ3n) is 3.23. The number of nitrogens with zero attached hydrogens (tertiary/aromatic N) is 1. The summed E-state index contributed by atoms with van der Waals surface area (Å²) in [4.78, 5) is 5.99. The number of rotatable bonds is 7. The molecule has 1 heterocycles. The Labute approximate surface area is 115 Å². The van der Waals surface area contributed by atoms with E-state index in [9.17, 15) is 0 Å². The maximum absolute atomic E-state index is 5.54. The second-order valence-electron chi connectivity index (χ2n) is 5.37. The summed E-state index contributed by atoms with van der Waals surface area (Å²) in [7, 11) is 1.77. The minimum absolute atomic E-state index is 0.126. The molecule has 0 spiro atoms. The monoisotopic (exact) mass is 270 g/mol. The fourth-order valence-corrected chi connectivity index (χ4v) is 2.79. The van der Waals surface area contributed by atoms with Gasteiger partial charge >= 0.3 is 0 Å². The molecule has 104 valence electrons. The van der Waals surface area contributed by atoms with Gasteiger partial charge in [-0.2, -0.15) is 0 Å². The summed E-state index contributed by atoms with van der Waals surface area (Å²) in [5.41, 5.74) is 1.02. The highest BCUT2D eigenvalue weighted by atomic mass is 32.1. The SMILES string of the molecule is CCCNC(CC(C)(C)OC)c1nc(C)c(C)s1. The van der Waals surface area contributed by atoms with Crippen molar-refractivity contribution in [2.75, 3.05) is 13.7 Å². The Morgan fingerprint density at radius 1 is 1.39 bits per heavy atom. The van der Waals surface area contributed by atoms with Gasteiger partial charge in [0.15, 0.2) is 0 Å². The van der Waals surface area contributed by atoms with Gasteiger partial charge in [0.2, 0.25) is 0 Å². The van der Waals surface area contributed by atoms with Crippen LogP contribution in [0, 0.1) is 13.8 Å². The molecule has 0 amide bonds. The van der Waals surface area contributed by atoms with Gasteiger partial charge < -0.3 is 10.1 Å². The molecule has 1 aromatic rings. The van der Waals surface area contributed by atoms with E-state index in [4.69, 9.17) is 4.74 Å². The van der Waals surface area contributed by atoms with E-state index in [1.807, 2.05) is 0 Å². The Kier molecular flexibility index (Phi) is 5.76. The quantitative estimate of drug-likeness (QED) is 0.822. The minimum atomic E-state index is -0.126. The molecule has 0 aliphatic carbocycles. The minimum Gasteiger partial charge on any atom is -0.379 e. The Morgan fingerprint density at radius 2 is 2.06 bits per heavy atom. The molecule has 4 heteroatoms. The molecule has 1 N–H and O–H groups in total. The Morgan fingerprint density at radius 3 is 2.50 bits per heavy atom. The second-order valence-corrected chi connectivity index (χ2v) is 6.60. The molecule has 1 aromatic heterocycles. The number of hydrogen-bond acceptors (Lipinski definition) is 4. The van der Waals surface area contributed by atoms with Gasteiger partial charge in [0.1, 0.15) is 5.01 Å². The van der Waals surface area contributed by atoms with Crippen LogP contribution in [-0.2, 0) is 4.74 Å². The normalized spacial score (nSPS) is 13.9. The van der Waals surface area contributed by atoms with E-state index in [1.54, 1.807) is 18.4 Å². The predicted molar refractivity (Wildman–Crippen MR) is 78.3 cm³/mol. The maximum Gasteiger partial charge on any atom is 0.110 e. The molecule has 3 nitrogen and oxygen atoms in total. The summed E-state index contributed by atoms with van der Waals surface area (Å²) < 4.78 is 5.54. The molecule has 0 saturated heterocycles. The lowest BCUT2D eigenvalue weighted by Crippen LogP contribution is -2.32. The molecular weight excluding hydrogens is 244 g/mol. The lowest BCUT2D eigenvalue weighted by molar-refractivity contribution is 0.00682. The van der Waals surface area contributed by atoms with E-state index >= 15 is 0 Å². The number of ether oxygens (including phenoxy) is 1. The molecule has 18 heavy (non-hydrogen) atoms. The molecule has 1 rings (SSSR count). The summed E-state index contributed by atoms with van der Waals surface area (Å²) in [5, 5.41) is 4.77. The van der Waals surface area contributed by atoms with Crippen molar-refractivity contribution in [3.05, 3.63) is 15.6 Å². The van der Waals surface area contributed by atoms with Crippen molar-refractivity contribution >= 4 is 11.3 Å². The number of methoxy groups -OCH3 is 1. The molecule has 0 aliphatic rings. The van der Waals surface area contributed by atoms with E-state index in [2.05, 4.69) is 44.9 Å². The van der Waals surface area contributed by atoms with Crippen LogP contribution in [0.25, 0.3) is 0 Å². The van der Waals surface area contributed by atoms with Crippen LogP contribution >= 0.6 is 11.3 Å². The lowest BCUT2D eigenvalue weighted by Gasteiger charge is -2.28. The van der Waals surface area contributed by atoms with Crippen LogP contribution in [0.5, 0.6) is 0 Å². The molecule has 0 aliphatic heterocycles. The molecule has 1 unspecified atom stereocenters. The van der Waals surface area contributed by atoms with E-state index in [0.717, 1.165) is 25.1 Å². The van der Waals surface area contributed by atoms with Crippen LogP contribution in [-0.4, -0.2) is 24.2 Å². The molecule has 1 atom stereocenters. The highest BCUT2D eigenvalue weighted by Gasteiger charge is 2.25. The highest BCUT2D eigenvalue weighted by Crippen LogP contribution is 2.30. The molecule has 0 radical (unpaired) electrons. The second kappa shape index (κ2) is 6.64. The van der Waals surface area contributed by atoms with Gasteiger partial charge in [0.25, 0.3) is 0 Å². The van der Waals surface area contributed by atoms with Crippen LogP contribution in [0.4, 0.5) is 0 Å². The summed E-state index contributed by atoms with van der Waals surface area (Å²) in [6.07, 6.45) is 2.07. The zero-order valence-corrected chi connectivity index (χ0v) is 13.3. The first-order chi connectivity index (χ1) is 8.39. The number of nitrogens with one attached hydrogen (secondary N) is 1. The van der Waals surface area contributed by atoms with Crippen molar-refractivity contribution in [1.82, 2.24) is 10.3 Å². The van der Waals surface area contributed by atoms with Crippen LogP contribution in [0.1, 0.15) is 55.2 Å². The molecular formula is C14H26N2OS. The van der Waals surface area contributed by atoms with E-state index < -0.39 is 0 Å². The molecule has 0 aromatic carbocycles. The fraction of sp³-hybridized carbons (Fsp3) is 0.786. The zero-order chi connectivity index (χ0) is 13.8. The van der Waals surface area contributed by atoms with Crippen molar-refractivity contribution in [1.29, 1.82) is 0 Å². The molecule has 0 saturated carbocycles. The van der Waals surface area contributed by atoms with E-state index in [0.29, 0.717) is 0 Å². The van der Waals surface area contributed by atoms with Crippen molar-refractivity contribution in [3.8, 4) is 0 Å². The van der Waals surface area contributed by atoms with Gasteiger partial charge in [0.05, 0.1) is 17.3 Å². The summed E-state index contributed by atoms with van der Waals surface area (Å²) >= 11 is 1.79. The fourth-order valence-electron chi connectivity index (χ4n) is 1.79. The van der Waals surface area contributed by atoms with Crippen LogP contribution < -0.4 is 5.32 Å². The maximum atomic E-state index is 5.54. The lowest BCUT2D eigenvalue weighted by atomic mass is 9.99. The summed E-state index contributed by atoms with van der Waals surface area (Å²) in [5.74, 6) is 0. The van der Waals surface area contributed by atoms with Crippen molar-refractivity contribution in [3.63, 3.8) is 0 Å². The number of thiazole rings is 1. The highest BCUT2D eigenvalue weighted by molar-refractivity contribution is 7.11. The molecule has 0 bridgehead atoms. The smallest absolute Gasteiger partial charge is 0.110 e. The Balaban J connectivity index is 2.84. The first-order valence-corrected chi connectivity index (χ1v) is 7.43. The summed E-state index contributed by atoms with van der Waals surface area (Å²) in [6, 6.07) is 0.289. The first-order valence-electron chi connectivity index (χ1n) is 6.62. The van der Waals surface area contributed by atoms with Gasteiger partial charge in [-0.15, -0.1) is 11.3 Å². The van der Waals surface area contributed by atoms with Gasteiger partial charge in [-0.3, -0.25) is 0 Å². The third-order valence-corrected chi connectivity index (χ3v) is 4.42. The largest absolute Gasteiger partial charge is 0.379 e. The average Bonchev–Trinajstić information content (AvgIpc) is 2.65. The molecule has 0 fully saturated rings. The average molecular weight is 270 g/mol. The van der Waals surface area contributed by atoms with Crippen LogP contribution in [0.3, 0.4) is 0 Å². The van der Waals surface area contributed by atoms with Crippen LogP contribution in [0.15, 0.2) is 0 Å².